The number of carbonyl (C=O) groups is 1. The van der Waals surface area contributed by atoms with Crippen molar-refractivity contribution in [2.45, 2.75) is 58.2 Å². The maximum absolute atomic E-state index is 12.0. The largest absolute Gasteiger partial charge is 0.487 e. The lowest BCUT2D eigenvalue weighted by atomic mass is 9.89. The molecule has 1 aliphatic heterocycles. The number of fused-ring (bicyclic) bond motifs is 1. The molecule has 0 saturated heterocycles. The highest BCUT2D eigenvalue weighted by Crippen LogP contribution is 2.39. The Hall–Kier alpha value is -1.55. The summed E-state index contributed by atoms with van der Waals surface area (Å²) in [6.45, 7) is 8.85. The van der Waals surface area contributed by atoms with E-state index < -0.39 is 0 Å². The van der Waals surface area contributed by atoms with Crippen molar-refractivity contribution < 1.29 is 9.53 Å². The monoisotopic (exact) mass is 290 g/mol. The summed E-state index contributed by atoms with van der Waals surface area (Å²) in [4.78, 5) is 12.0. The summed E-state index contributed by atoms with van der Waals surface area (Å²) in [5, 5.41) is 6.38. The summed E-state index contributed by atoms with van der Waals surface area (Å²) in [6, 6.07) is 7.97. The van der Waals surface area contributed by atoms with Gasteiger partial charge in [0.25, 0.3) is 0 Å². The Bertz CT molecular complexity index is 499. The molecular formula is C17H26N2O2. The molecule has 4 heteroatoms. The van der Waals surface area contributed by atoms with E-state index in [0.29, 0.717) is 0 Å². The van der Waals surface area contributed by atoms with Crippen LogP contribution in [0.25, 0.3) is 0 Å². The van der Waals surface area contributed by atoms with Crippen LogP contribution in [0.15, 0.2) is 24.3 Å². The SMILES string of the molecule is CCCNC(=O)C(C)NC1CC(C)(C)Oc2ccccc21. The normalized spacial score (nSPS) is 21.0. The molecule has 116 valence electrons. The first kappa shape index (κ1) is 15.8. The molecule has 4 nitrogen and oxygen atoms in total. The van der Waals surface area contributed by atoms with Crippen LogP contribution in [0.2, 0.25) is 0 Å². The van der Waals surface area contributed by atoms with Gasteiger partial charge < -0.3 is 10.1 Å². The highest BCUT2D eigenvalue weighted by molar-refractivity contribution is 5.81. The fourth-order valence-corrected chi connectivity index (χ4v) is 2.73. The average molecular weight is 290 g/mol. The zero-order valence-corrected chi connectivity index (χ0v) is 13.4. The molecular weight excluding hydrogens is 264 g/mol. The summed E-state index contributed by atoms with van der Waals surface area (Å²) in [6.07, 6.45) is 1.79. The highest BCUT2D eigenvalue weighted by Gasteiger charge is 2.34. The smallest absolute Gasteiger partial charge is 0.236 e. The number of nitrogens with one attached hydrogen (secondary N) is 2. The third-order valence-corrected chi connectivity index (χ3v) is 3.77. The Labute approximate surface area is 127 Å². The van der Waals surface area contributed by atoms with E-state index in [4.69, 9.17) is 4.74 Å². The lowest BCUT2D eigenvalue weighted by Crippen LogP contribution is -2.47. The molecule has 1 aromatic carbocycles. The molecule has 1 aromatic rings. The van der Waals surface area contributed by atoms with Gasteiger partial charge in [-0.25, -0.2) is 0 Å². The number of benzene rings is 1. The summed E-state index contributed by atoms with van der Waals surface area (Å²) < 4.78 is 6.02. The van der Waals surface area contributed by atoms with Crippen LogP contribution in [0.1, 0.15) is 52.1 Å². The van der Waals surface area contributed by atoms with E-state index in [1.165, 1.54) is 0 Å². The second-order valence-electron chi connectivity index (χ2n) is 6.34. The molecule has 0 saturated carbocycles. The molecule has 2 N–H and O–H groups in total. The predicted molar refractivity (Wildman–Crippen MR) is 84.4 cm³/mol. The van der Waals surface area contributed by atoms with Gasteiger partial charge in [-0.15, -0.1) is 0 Å². The third-order valence-electron chi connectivity index (χ3n) is 3.77. The van der Waals surface area contributed by atoms with Crippen LogP contribution < -0.4 is 15.4 Å². The van der Waals surface area contributed by atoms with Gasteiger partial charge in [0, 0.05) is 24.6 Å². The zero-order valence-electron chi connectivity index (χ0n) is 13.4. The molecule has 2 unspecified atom stereocenters. The molecule has 2 atom stereocenters. The summed E-state index contributed by atoms with van der Waals surface area (Å²) in [7, 11) is 0. The Morgan fingerprint density at radius 2 is 2.14 bits per heavy atom. The third kappa shape index (κ3) is 3.97. The van der Waals surface area contributed by atoms with Gasteiger partial charge >= 0.3 is 0 Å². The summed E-state index contributed by atoms with van der Waals surface area (Å²) in [5.41, 5.74) is 0.901. The van der Waals surface area contributed by atoms with E-state index >= 15 is 0 Å². The molecule has 0 spiro atoms. The predicted octanol–water partition coefficient (Wildman–Crippen LogP) is 2.79. The number of rotatable bonds is 5. The number of hydrogen-bond donors (Lipinski definition) is 2. The van der Waals surface area contributed by atoms with Crippen molar-refractivity contribution in [2.24, 2.45) is 0 Å². The van der Waals surface area contributed by atoms with Crippen molar-refractivity contribution in [3.8, 4) is 5.75 Å². The topological polar surface area (TPSA) is 50.4 Å². The molecule has 0 fully saturated rings. The van der Waals surface area contributed by atoms with E-state index in [2.05, 4.69) is 37.5 Å². The van der Waals surface area contributed by atoms with Crippen LogP contribution in [0.5, 0.6) is 5.75 Å². The minimum atomic E-state index is -0.231. The first-order chi connectivity index (χ1) is 9.93. The van der Waals surface area contributed by atoms with Crippen molar-refractivity contribution in [1.29, 1.82) is 0 Å². The highest BCUT2D eigenvalue weighted by atomic mass is 16.5. The Kier molecular flexibility index (Phi) is 4.88. The van der Waals surface area contributed by atoms with Crippen LogP contribution in [0.4, 0.5) is 0 Å². The van der Waals surface area contributed by atoms with Crippen molar-refractivity contribution in [1.82, 2.24) is 10.6 Å². The fourth-order valence-electron chi connectivity index (χ4n) is 2.73. The van der Waals surface area contributed by atoms with Gasteiger partial charge in [0.05, 0.1) is 6.04 Å². The van der Waals surface area contributed by atoms with Crippen LogP contribution in [-0.2, 0) is 4.79 Å². The molecule has 1 heterocycles. The number of carbonyl (C=O) groups excluding carboxylic acids is 1. The van der Waals surface area contributed by atoms with Crippen molar-refractivity contribution in [3.05, 3.63) is 29.8 Å². The Morgan fingerprint density at radius 1 is 1.43 bits per heavy atom. The maximum Gasteiger partial charge on any atom is 0.236 e. The minimum absolute atomic E-state index is 0.0543. The molecule has 1 amide bonds. The number of hydrogen-bond acceptors (Lipinski definition) is 3. The van der Waals surface area contributed by atoms with Gasteiger partial charge in [-0.3, -0.25) is 10.1 Å². The molecule has 2 rings (SSSR count). The lowest BCUT2D eigenvalue weighted by molar-refractivity contribution is -0.123. The second kappa shape index (κ2) is 6.48. The van der Waals surface area contributed by atoms with E-state index in [1.54, 1.807) is 0 Å². The quantitative estimate of drug-likeness (QED) is 0.876. The zero-order chi connectivity index (χ0) is 15.5. The van der Waals surface area contributed by atoms with Gasteiger partial charge in [-0.2, -0.15) is 0 Å². The van der Waals surface area contributed by atoms with Crippen molar-refractivity contribution in [3.63, 3.8) is 0 Å². The van der Waals surface area contributed by atoms with Crippen LogP contribution in [0, 0.1) is 0 Å². The van der Waals surface area contributed by atoms with Crippen LogP contribution >= 0.6 is 0 Å². The average Bonchev–Trinajstić information content (AvgIpc) is 2.43. The minimum Gasteiger partial charge on any atom is -0.487 e. The first-order valence-corrected chi connectivity index (χ1v) is 7.74. The van der Waals surface area contributed by atoms with E-state index in [-0.39, 0.29) is 23.6 Å². The first-order valence-electron chi connectivity index (χ1n) is 7.74. The lowest BCUT2D eigenvalue weighted by Gasteiger charge is -2.38. The molecule has 0 bridgehead atoms. The van der Waals surface area contributed by atoms with Gasteiger partial charge in [0.2, 0.25) is 5.91 Å². The maximum atomic E-state index is 12.0. The van der Waals surface area contributed by atoms with Crippen molar-refractivity contribution in [2.75, 3.05) is 6.54 Å². The van der Waals surface area contributed by atoms with Crippen LogP contribution in [0.3, 0.4) is 0 Å². The number of amides is 1. The fraction of sp³-hybridized carbons (Fsp3) is 0.588. The van der Waals surface area contributed by atoms with Gasteiger partial charge in [0.1, 0.15) is 11.4 Å². The van der Waals surface area contributed by atoms with E-state index in [0.717, 1.165) is 30.7 Å². The molecule has 0 aromatic heterocycles. The summed E-state index contributed by atoms with van der Waals surface area (Å²) in [5.74, 6) is 0.964. The molecule has 1 aliphatic rings. The van der Waals surface area contributed by atoms with Crippen LogP contribution in [-0.4, -0.2) is 24.1 Å². The number of ether oxygens (including phenoxy) is 1. The Morgan fingerprint density at radius 3 is 2.86 bits per heavy atom. The molecule has 0 aliphatic carbocycles. The van der Waals surface area contributed by atoms with E-state index in [9.17, 15) is 4.79 Å². The Balaban J connectivity index is 2.10. The standard InChI is InChI=1S/C17H26N2O2/c1-5-10-18-16(20)12(2)19-14-11-17(3,4)21-15-9-7-6-8-13(14)15/h6-9,12,14,19H,5,10-11H2,1-4H3,(H,18,20). The van der Waals surface area contributed by atoms with Gasteiger partial charge in [0.15, 0.2) is 0 Å². The second-order valence-corrected chi connectivity index (χ2v) is 6.34. The van der Waals surface area contributed by atoms with Gasteiger partial charge in [-0.05, 0) is 33.3 Å². The van der Waals surface area contributed by atoms with E-state index in [1.807, 2.05) is 25.1 Å². The summed E-state index contributed by atoms with van der Waals surface area (Å²) >= 11 is 0. The van der Waals surface area contributed by atoms with Gasteiger partial charge in [-0.1, -0.05) is 25.1 Å². The number of para-hydroxylation sites is 1. The molecule has 0 radical (unpaired) electrons. The van der Waals surface area contributed by atoms with Crippen molar-refractivity contribution >= 4 is 5.91 Å². The molecule has 21 heavy (non-hydrogen) atoms.